The standard InChI is InChI=1S/C21H31N3O3S/c1-5-18(26-14-1)8-11-23-21(24-12-9-20-7-3-16-28-20)22-10-4-13-25-17-19-6-2-15-27-19/h1,3,5,7,14,16,19H,2,4,6,8-13,15,17H2,(H2,22,23,24). The molecule has 1 atom stereocenters. The Morgan fingerprint density at radius 3 is 2.89 bits per heavy atom. The Morgan fingerprint density at radius 1 is 1.21 bits per heavy atom. The van der Waals surface area contributed by atoms with Crippen LogP contribution in [0.4, 0.5) is 0 Å². The molecule has 0 amide bonds. The summed E-state index contributed by atoms with van der Waals surface area (Å²) in [6.45, 7) is 4.69. The summed E-state index contributed by atoms with van der Waals surface area (Å²) in [7, 11) is 0. The molecule has 1 fully saturated rings. The molecule has 2 aromatic heterocycles. The van der Waals surface area contributed by atoms with E-state index >= 15 is 0 Å². The molecule has 2 aromatic rings. The van der Waals surface area contributed by atoms with Crippen molar-refractivity contribution in [2.24, 2.45) is 4.99 Å². The number of ether oxygens (including phenoxy) is 2. The number of nitrogens with zero attached hydrogens (tertiary/aromatic N) is 1. The lowest BCUT2D eigenvalue weighted by atomic mass is 10.2. The lowest BCUT2D eigenvalue weighted by molar-refractivity contribution is 0.0171. The van der Waals surface area contributed by atoms with Crippen LogP contribution in [-0.2, 0) is 22.3 Å². The van der Waals surface area contributed by atoms with Crippen LogP contribution in [0.2, 0.25) is 0 Å². The Bertz CT molecular complexity index is 610. The Balaban J connectivity index is 1.34. The largest absolute Gasteiger partial charge is 0.469 e. The fraction of sp³-hybridized carbons (Fsp3) is 0.571. The van der Waals surface area contributed by atoms with Gasteiger partial charge in [0.2, 0.25) is 0 Å². The number of hydrogen-bond acceptors (Lipinski definition) is 5. The summed E-state index contributed by atoms with van der Waals surface area (Å²) in [6, 6.07) is 8.17. The molecule has 0 spiro atoms. The molecule has 7 heteroatoms. The van der Waals surface area contributed by atoms with Gasteiger partial charge in [-0.1, -0.05) is 6.07 Å². The van der Waals surface area contributed by atoms with Crippen molar-refractivity contribution in [3.8, 4) is 0 Å². The first-order chi connectivity index (χ1) is 13.9. The number of nitrogens with one attached hydrogen (secondary N) is 2. The fourth-order valence-corrected chi connectivity index (χ4v) is 3.75. The topological polar surface area (TPSA) is 68.0 Å². The van der Waals surface area contributed by atoms with Crippen molar-refractivity contribution in [2.75, 3.05) is 39.5 Å². The predicted octanol–water partition coefficient (Wildman–Crippen LogP) is 3.25. The summed E-state index contributed by atoms with van der Waals surface area (Å²) < 4.78 is 16.7. The first-order valence-electron chi connectivity index (χ1n) is 10.2. The molecule has 154 valence electrons. The van der Waals surface area contributed by atoms with Crippen LogP contribution in [0, 0.1) is 0 Å². The monoisotopic (exact) mass is 405 g/mol. The summed E-state index contributed by atoms with van der Waals surface area (Å²) in [5.74, 6) is 1.83. The number of hydrogen-bond donors (Lipinski definition) is 2. The lowest BCUT2D eigenvalue weighted by Crippen LogP contribution is -2.39. The van der Waals surface area contributed by atoms with Gasteiger partial charge in [0.1, 0.15) is 5.76 Å². The zero-order valence-electron chi connectivity index (χ0n) is 16.4. The molecular formula is C21H31N3O3S. The van der Waals surface area contributed by atoms with E-state index < -0.39 is 0 Å². The van der Waals surface area contributed by atoms with E-state index in [9.17, 15) is 0 Å². The second-order valence-electron chi connectivity index (χ2n) is 6.81. The molecule has 0 bridgehead atoms. The third kappa shape index (κ3) is 8.04. The van der Waals surface area contributed by atoms with Crippen molar-refractivity contribution in [3.05, 3.63) is 46.5 Å². The van der Waals surface area contributed by atoms with Gasteiger partial charge in [-0.05, 0) is 49.3 Å². The van der Waals surface area contributed by atoms with Crippen molar-refractivity contribution in [1.82, 2.24) is 10.6 Å². The van der Waals surface area contributed by atoms with Crippen molar-refractivity contribution >= 4 is 17.3 Å². The number of guanidine groups is 1. The van der Waals surface area contributed by atoms with Gasteiger partial charge in [0.05, 0.1) is 19.0 Å². The first kappa shape index (κ1) is 20.9. The maximum Gasteiger partial charge on any atom is 0.191 e. The van der Waals surface area contributed by atoms with Crippen LogP contribution in [0.3, 0.4) is 0 Å². The van der Waals surface area contributed by atoms with Crippen molar-refractivity contribution in [1.29, 1.82) is 0 Å². The minimum atomic E-state index is 0.293. The second-order valence-corrected chi connectivity index (χ2v) is 7.84. The molecule has 0 radical (unpaired) electrons. The van der Waals surface area contributed by atoms with E-state index in [0.29, 0.717) is 12.7 Å². The third-order valence-corrected chi connectivity index (χ3v) is 5.47. The summed E-state index contributed by atoms with van der Waals surface area (Å²) in [5, 5.41) is 8.94. The highest BCUT2D eigenvalue weighted by Gasteiger charge is 2.14. The molecule has 1 aliphatic rings. The SMILES string of the molecule is c1coc(CCNC(=NCCCOCC2CCCO2)NCCc2cccs2)c1. The average molecular weight is 406 g/mol. The first-order valence-corrected chi connectivity index (χ1v) is 11.0. The zero-order chi connectivity index (χ0) is 19.3. The Kier molecular flexibility index (Phi) is 9.40. The molecule has 0 saturated carbocycles. The number of thiophene rings is 1. The molecule has 0 aromatic carbocycles. The minimum Gasteiger partial charge on any atom is -0.469 e. The summed E-state index contributed by atoms with van der Waals surface area (Å²) in [5.41, 5.74) is 0. The predicted molar refractivity (Wildman–Crippen MR) is 113 cm³/mol. The van der Waals surface area contributed by atoms with Gasteiger partial charge in [-0.2, -0.15) is 0 Å². The van der Waals surface area contributed by atoms with Gasteiger partial charge < -0.3 is 24.5 Å². The molecule has 1 saturated heterocycles. The summed E-state index contributed by atoms with van der Waals surface area (Å²) in [4.78, 5) is 6.07. The van der Waals surface area contributed by atoms with Gasteiger partial charge in [0, 0.05) is 44.1 Å². The van der Waals surface area contributed by atoms with E-state index in [4.69, 9.17) is 13.9 Å². The molecule has 2 N–H and O–H groups in total. The van der Waals surface area contributed by atoms with Crippen LogP contribution in [0.1, 0.15) is 29.9 Å². The Hall–Kier alpha value is -1.83. The molecule has 3 rings (SSSR count). The van der Waals surface area contributed by atoms with E-state index in [1.807, 2.05) is 12.1 Å². The highest BCUT2D eigenvalue weighted by atomic mass is 32.1. The van der Waals surface area contributed by atoms with Gasteiger partial charge in [-0.15, -0.1) is 11.3 Å². The summed E-state index contributed by atoms with van der Waals surface area (Å²) >= 11 is 1.79. The minimum absolute atomic E-state index is 0.293. The molecule has 28 heavy (non-hydrogen) atoms. The van der Waals surface area contributed by atoms with Gasteiger partial charge in [0.15, 0.2) is 5.96 Å². The van der Waals surface area contributed by atoms with Crippen LogP contribution < -0.4 is 10.6 Å². The van der Waals surface area contributed by atoms with E-state index in [1.54, 1.807) is 17.6 Å². The Labute approximate surface area is 171 Å². The number of rotatable bonds is 12. The second kappa shape index (κ2) is 12.6. The van der Waals surface area contributed by atoms with Gasteiger partial charge in [-0.25, -0.2) is 0 Å². The van der Waals surface area contributed by atoms with Crippen LogP contribution in [-0.4, -0.2) is 51.5 Å². The fourth-order valence-electron chi connectivity index (χ4n) is 3.04. The van der Waals surface area contributed by atoms with Gasteiger partial charge >= 0.3 is 0 Å². The summed E-state index contributed by atoms with van der Waals surface area (Å²) in [6.07, 6.45) is 7.02. The molecule has 0 aliphatic carbocycles. The highest BCUT2D eigenvalue weighted by molar-refractivity contribution is 7.09. The maximum absolute atomic E-state index is 5.71. The average Bonchev–Trinajstić information content (AvgIpc) is 3.48. The van der Waals surface area contributed by atoms with Crippen molar-refractivity contribution in [2.45, 2.75) is 38.2 Å². The molecule has 1 aliphatic heterocycles. The van der Waals surface area contributed by atoms with E-state index in [0.717, 1.165) is 76.7 Å². The van der Waals surface area contributed by atoms with Crippen LogP contribution in [0.15, 0.2) is 45.3 Å². The van der Waals surface area contributed by atoms with Gasteiger partial charge in [0.25, 0.3) is 0 Å². The Morgan fingerprint density at radius 2 is 2.14 bits per heavy atom. The van der Waals surface area contributed by atoms with Crippen molar-refractivity contribution < 1.29 is 13.9 Å². The van der Waals surface area contributed by atoms with Crippen LogP contribution >= 0.6 is 11.3 Å². The lowest BCUT2D eigenvalue weighted by Gasteiger charge is -2.12. The normalized spacial score (nSPS) is 17.1. The smallest absolute Gasteiger partial charge is 0.191 e. The molecule has 6 nitrogen and oxygen atoms in total. The molecule has 1 unspecified atom stereocenters. The highest BCUT2D eigenvalue weighted by Crippen LogP contribution is 2.12. The van der Waals surface area contributed by atoms with Crippen LogP contribution in [0.5, 0.6) is 0 Å². The number of furan rings is 1. The van der Waals surface area contributed by atoms with Crippen molar-refractivity contribution in [3.63, 3.8) is 0 Å². The maximum atomic E-state index is 5.71. The molecular weight excluding hydrogens is 374 g/mol. The van der Waals surface area contributed by atoms with Crippen LogP contribution in [0.25, 0.3) is 0 Å². The van der Waals surface area contributed by atoms with Gasteiger partial charge in [-0.3, -0.25) is 4.99 Å². The van der Waals surface area contributed by atoms with E-state index in [1.165, 1.54) is 4.88 Å². The van der Waals surface area contributed by atoms with E-state index in [-0.39, 0.29) is 0 Å². The molecule has 3 heterocycles. The quantitative estimate of drug-likeness (QED) is 0.322. The number of aliphatic imine (C=N–C) groups is 1. The van der Waals surface area contributed by atoms with E-state index in [2.05, 4.69) is 33.1 Å². The third-order valence-electron chi connectivity index (χ3n) is 4.53. The zero-order valence-corrected chi connectivity index (χ0v) is 17.2.